The van der Waals surface area contributed by atoms with Crippen LogP contribution in [0.25, 0.3) is 11.4 Å². The van der Waals surface area contributed by atoms with Gasteiger partial charge in [-0.05, 0) is 42.8 Å². The highest BCUT2D eigenvalue weighted by molar-refractivity contribution is 5.94. The quantitative estimate of drug-likeness (QED) is 0.875. The lowest BCUT2D eigenvalue weighted by Crippen LogP contribution is -2.34. The summed E-state index contributed by atoms with van der Waals surface area (Å²) in [6.07, 6.45) is 0.468. The fraction of sp³-hybridized carbons (Fsp3) is 0.438. The van der Waals surface area contributed by atoms with Gasteiger partial charge in [0.2, 0.25) is 0 Å². The first kappa shape index (κ1) is 16.9. The average Bonchev–Trinajstić information content (AvgIpc) is 3.25. The van der Waals surface area contributed by atoms with Crippen molar-refractivity contribution < 1.29 is 14.7 Å². The van der Waals surface area contributed by atoms with E-state index in [1.54, 1.807) is 10.7 Å². The van der Waals surface area contributed by atoms with Crippen LogP contribution in [0.3, 0.4) is 0 Å². The summed E-state index contributed by atoms with van der Waals surface area (Å²) >= 11 is 0. The smallest absolute Gasteiger partial charge is 0.321 e. The Morgan fingerprint density at radius 2 is 2.08 bits per heavy atom. The molecule has 1 aromatic heterocycles. The first-order valence-corrected chi connectivity index (χ1v) is 8.13. The molecule has 0 radical (unpaired) electrons. The molecule has 0 saturated carbocycles. The molecule has 0 spiro atoms. The maximum Gasteiger partial charge on any atom is 0.321 e. The van der Waals surface area contributed by atoms with Crippen molar-refractivity contribution in [2.24, 2.45) is 5.92 Å². The first-order chi connectivity index (χ1) is 12.0. The molecular formula is C16H20N6O3. The average molecular weight is 344 g/mol. The first-order valence-electron chi connectivity index (χ1n) is 8.13. The van der Waals surface area contributed by atoms with Gasteiger partial charge in [-0.2, -0.15) is 0 Å². The zero-order valence-corrected chi connectivity index (χ0v) is 14.1. The second kappa shape index (κ2) is 6.88. The summed E-state index contributed by atoms with van der Waals surface area (Å²) in [6, 6.07) is 7.03. The van der Waals surface area contributed by atoms with Crippen LogP contribution in [-0.4, -0.2) is 55.3 Å². The van der Waals surface area contributed by atoms with Gasteiger partial charge in [-0.3, -0.25) is 4.79 Å². The lowest BCUT2D eigenvalue weighted by molar-refractivity contribution is -0.141. The second-order valence-electron chi connectivity index (χ2n) is 6.29. The minimum Gasteiger partial charge on any atom is -0.481 e. The Kier molecular flexibility index (Phi) is 4.64. The number of nitrogens with zero attached hydrogens (tertiary/aromatic N) is 5. The summed E-state index contributed by atoms with van der Waals surface area (Å²) in [6.45, 7) is 4.58. The third-order valence-electron chi connectivity index (χ3n) is 4.22. The molecule has 25 heavy (non-hydrogen) atoms. The number of tetrazole rings is 1. The number of carboxylic acids is 1. The number of amides is 2. The van der Waals surface area contributed by atoms with Gasteiger partial charge < -0.3 is 15.3 Å². The summed E-state index contributed by atoms with van der Waals surface area (Å²) in [5.74, 6) is -0.809. The van der Waals surface area contributed by atoms with Crippen LogP contribution in [0.4, 0.5) is 10.5 Å². The van der Waals surface area contributed by atoms with Crippen LogP contribution < -0.4 is 5.32 Å². The summed E-state index contributed by atoms with van der Waals surface area (Å²) in [5.41, 5.74) is 1.30. The van der Waals surface area contributed by atoms with Crippen LogP contribution in [0, 0.1) is 5.92 Å². The number of benzene rings is 1. The third-order valence-corrected chi connectivity index (χ3v) is 4.22. The Morgan fingerprint density at radius 1 is 1.32 bits per heavy atom. The molecule has 1 fully saturated rings. The molecule has 1 saturated heterocycles. The minimum absolute atomic E-state index is 0.0728. The summed E-state index contributed by atoms with van der Waals surface area (Å²) in [5, 5.41) is 23.7. The monoisotopic (exact) mass is 344 g/mol. The standard InChI is InChI=1S/C16H20N6O3/c1-10(2)22-14(18-19-20-22)12-5-3-4-6-13(12)17-16(25)21-8-7-11(9-21)15(23)24/h3-6,10-11H,7-9H2,1-2H3,(H,17,25)(H,23,24)/t11-/m0/s1. The lowest BCUT2D eigenvalue weighted by atomic mass is 10.1. The molecule has 1 aliphatic rings. The van der Waals surface area contributed by atoms with Crippen molar-refractivity contribution in [3.63, 3.8) is 0 Å². The van der Waals surface area contributed by atoms with Crippen molar-refractivity contribution in [1.29, 1.82) is 0 Å². The predicted octanol–water partition coefficient (Wildman–Crippen LogP) is 1.86. The zero-order valence-electron chi connectivity index (χ0n) is 14.1. The van der Waals surface area contributed by atoms with E-state index in [2.05, 4.69) is 20.8 Å². The van der Waals surface area contributed by atoms with E-state index in [1.165, 1.54) is 4.90 Å². The van der Waals surface area contributed by atoms with E-state index in [1.807, 2.05) is 32.0 Å². The van der Waals surface area contributed by atoms with Crippen molar-refractivity contribution in [1.82, 2.24) is 25.1 Å². The van der Waals surface area contributed by atoms with Gasteiger partial charge in [0.25, 0.3) is 0 Å². The van der Waals surface area contributed by atoms with E-state index in [0.717, 1.165) is 0 Å². The van der Waals surface area contributed by atoms with E-state index >= 15 is 0 Å². The van der Waals surface area contributed by atoms with Crippen LogP contribution >= 0.6 is 0 Å². The van der Waals surface area contributed by atoms with Gasteiger partial charge in [0.15, 0.2) is 5.82 Å². The fourth-order valence-electron chi connectivity index (χ4n) is 2.85. The van der Waals surface area contributed by atoms with Crippen LogP contribution in [0.5, 0.6) is 0 Å². The number of hydrogen-bond acceptors (Lipinski definition) is 5. The number of carbonyl (C=O) groups is 2. The van der Waals surface area contributed by atoms with Crippen molar-refractivity contribution in [2.75, 3.05) is 18.4 Å². The molecule has 3 rings (SSSR count). The van der Waals surface area contributed by atoms with Gasteiger partial charge in [-0.15, -0.1) is 5.10 Å². The van der Waals surface area contributed by atoms with E-state index < -0.39 is 11.9 Å². The van der Waals surface area contributed by atoms with E-state index in [-0.39, 0.29) is 18.6 Å². The number of para-hydroxylation sites is 1. The Labute approximate surface area is 144 Å². The number of aliphatic carboxylic acids is 1. The Bertz CT molecular complexity index is 788. The van der Waals surface area contributed by atoms with Crippen molar-refractivity contribution in [3.05, 3.63) is 24.3 Å². The van der Waals surface area contributed by atoms with E-state index in [9.17, 15) is 9.59 Å². The van der Waals surface area contributed by atoms with E-state index in [4.69, 9.17) is 5.11 Å². The van der Waals surface area contributed by atoms with E-state index in [0.29, 0.717) is 30.0 Å². The highest BCUT2D eigenvalue weighted by Gasteiger charge is 2.31. The normalized spacial score (nSPS) is 17.1. The lowest BCUT2D eigenvalue weighted by Gasteiger charge is -2.18. The number of anilines is 1. The molecule has 9 heteroatoms. The number of aromatic nitrogens is 4. The molecule has 2 heterocycles. The van der Waals surface area contributed by atoms with Gasteiger partial charge in [0.05, 0.1) is 17.6 Å². The van der Waals surface area contributed by atoms with Crippen molar-refractivity contribution in [3.8, 4) is 11.4 Å². The number of carbonyl (C=O) groups excluding carboxylic acids is 1. The highest BCUT2D eigenvalue weighted by Crippen LogP contribution is 2.28. The minimum atomic E-state index is -0.869. The number of urea groups is 1. The maximum atomic E-state index is 12.5. The molecule has 1 atom stereocenters. The molecule has 2 aromatic rings. The maximum absolute atomic E-state index is 12.5. The molecule has 0 unspecified atom stereocenters. The van der Waals surface area contributed by atoms with Crippen LogP contribution in [0.15, 0.2) is 24.3 Å². The number of carboxylic acid groups (broad SMARTS) is 1. The van der Waals surface area contributed by atoms with Crippen LogP contribution in [0.1, 0.15) is 26.3 Å². The number of hydrogen-bond donors (Lipinski definition) is 2. The topological polar surface area (TPSA) is 113 Å². The SMILES string of the molecule is CC(C)n1nnnc1-c1ccccc1NC(=O)N1CC[C@H](C(=O)O)C1. The molecule has 2 N–H and O–H groups in total. The second-order valence-corrected chi connectivity index (χ2v) is 6.29. The number of likely N-dealkylation sites (tertiary alicyclic amines) is 1. The summed E-state index contributed by atoms with van der Waals surface area (Å²) in [4.78, 5) is 25.1. The molecule has 2 amide bonds. The number of nitrogens with one attached hydrogen (secondary N) is 1. The molecule has 0 aliphatic carbocycles. The highest BCUT2D eigenvalue weighted by atomic mass is 16.4. The number of rotatable bonds is 4. The third kappa shape index (κ3) is 3.44. The van der Waals surface area contributed by atoms with Gasteiger partial charge in [0, 0.05) is 18.7 Å². The summed E-state index contributed by atoms with van der Waals surface area (Å²) in [7, 11) is 0. The molecular weight excluding hydrogens is 324 g/mol. The van der Waals surface area contributed by atoms with Gasteiger partial charge in [-0.1, -0.05) is 12.1 Å². The largest absolute Gasteiger partial charge is 0.481 e. The van der Waals surface area contributed by atoms with Crippen LogP contribution in [0.2, 0.25) is 0 Å². The molecule has 1 aliphatic heterocycles. The fourth-order valence-corrected chi connectivity index (χ4v) is 2.85. The van der Waals surface area contributed by atoms with Crippen molar-refractivity contribution >= 4 is 17.7 Å². The van der Waals surface area contributed by atoms with Gasteiger partial charge in [0.1, 0.15) is 0 Å². The Morgan fingerprint density at radius 3 is 2.76 bits per heavy atom. The predicted molar refractivity (Wildman–Crippen MR) is 90.0 cm³/mol. The van der Waals surface area contributed by atoms with Crippen LogP contribution in [-0.2, 0) is 4.79 Å². The molecule has 0 bridgehead atoms. The molecule has 132 valence electrons. The van der Waals surface area contributed by atoms with Gasteiger partial charge in [-0.25, -0.2) is 9.48 Å². The Hall–Kier alpha value is -2.97. The molecule has 1 aromatic carbocycles. The molecule has 9 nitrogen and oxygen atoms in total. The summed E-state index contributed by atoms with van der Waals surface area (Å²) < 4.78 is 1.68. The van der Waals surface area contributed by atoms with Crippen molar-refractivity contribution in [2.45, 2.75) is 26.3 Å². The zero-order chi connectivity index (χ0) is 18.0. The Balaban J connectivity index is 1.81. The van der Waals surface area contributed by atoms with Gasteiger partial charge >= 0.3 is 12.0 Å².